The van der Waals surface area contributed by atoms with Crippen LogP contribution in [0.4, 0.5) is 5.13 Å². The summed E-state index contributed by atoms with van der Waals surface area (Å²) in [6, 6.07) is 5.32. The average Bonchev–Trinajstić information content (AvgIpc) is 2.89. The monoisotopic (exact) mass is 329 g/mol. The minimum Gasteiger partial charge on any atom is -0.497 e. The quantitative estimate of drug-likeness (QED) is 0.896. The van der Waals surface area contributed by atoms with Crippen LogP contribution in [0.25, 0.3) is 10.2 Å². The van der Waals surface area contributed by atoms with E-state index in [-0.39, 0.29) is 24.4 Å². The van der Waals surface area contributed by atoms with E-state index in [4.69, 9.17) is 9.47 Å². The molecule has 1 saturated heterocycles. The number of nitrogens with one attached hydrogen (secondary N) is 2. The number of hydrogen-bond donors (Lipinski definition) is 2. The molecule has 1 unspecified atom stereocenters. The summed E-state index contributed by atoms with van der Waals surface area (Å²) in [5, 5.41) is 6.52. The molecule has 1 aromatic heterocycles. The van der Waals surface area contributed by atoms with Crippen LogP contribution in [0.5, 0.6) is 5.75 Å². The van der Waals surface area contributed by atoms with Gasteiger partial charge in [0, 0.05) is 6.54 Å². The molecule has 1 aliphatic rings. The first-order valence-electron chi connectivity index (χ1n) is 6.33. The van der Waals surface area contributed by atoms with Crippen LogP contribution in [0, 0.1) is 0 Å². The van der Waals surface area contributed by atoms with Gasteiger partial charge in [-0.1, -0.05) is 11.3 Å². The number of morpholine rings is 1. The fraction of sp³-hybridized carbons (Fsp3) is 0.385. The maximum Gasteiger partial charge on any atom is 0.245 e. The topological polar surface area (TPSA) is 72.5 Å². The van der Waals surface area contributed by atoms with Crippen LogP contribution in [-0.4, -0.2) is 43.8 Å². The predicted molar refractivity (Wildman–Crippen MR) is 84.7 cm³/mol. The average molecular weight is 330 g/mol. The number of aromatic nitrogens is 1. The maximum absolute atomic E-state index is 12.1. The maximum atomic E-state index is 12.1. The number of amides is 1. The third-order valence-electron chi connectivity index (χ3n) is 3.06. The molecular formula is C13H16ClN3O3S. The number of hydrogen-bond acceptors (Lipinski definition) is 6. The number of methoxy groups -OCH3 is 1. The zero-order chi connectivity index (χ0) is 13.9. The van der Waals surface area contributed by atoms with Gasteiger partial charge in [-0.25, -0.2) is 4.98 Å². The molecule has 3 rings (SSSR count). The van der Waals surface area contributed by atoms with E-state index in [2.05, 4.69) is 15.6 Å². The summed E-state index contributed by atoms with van der Waals surface area (Å²) in [5.74, 6) is 0.664. The van der Waals surface area contributed by atoms with Crippen molar-refractivity contribution in [3.63, 3.8) is 0 Å². The van der Waals surface area contributed by atoms with Gasteiger partial charge in [-0.3, -0.25) is 4.79 Å². The van der Waals surface area contributed by atoms with E-state index >= 15 is 0 Å². The van der Waals surface area contributed by atoms with Gasteiger partial charge in [-0.2, -0.15) is 0 Å². The summed E-state index contributed by atoms with van der Waals surface area (Å²) in [4.78, 5) is 16.4. The third kappa shape index (κ3) is 3.62. The SMILES string of the molecule is COc1ccc2nc(NC(=O)C3COCCN3)sc2c1.Cl. The van der Waals surface area contributed by atoms with Gasteiger partial charge < -0.3 is 20.1 Å². The lowest BCUT2D eigenvalue weighted by Crippen LogP contribution is -2.48. The van der Waals surface area contributed by atoms with Crippen LogP contribution in [0.1, 0.15) is 0 Å². The second-order valence-electron chi connectivity index (χ2n) is 4.42. The van der Waals surface area contributed by atoms with Crippen molar-refractivity contribution in [1.82, 2.24) is 10.3 Å². The van der Waals surface area contributed by atoms with Gasteiger partial charge in [0.25, 0.3) is 0 Å². The second-order valence-corrected chi connectivity index (χ2v) is 5.45. The van der Waals surface area contributed by atoms with Gasteiger partial charge in [-0.05, 0) is 18.2 Å². The van der Waals surface area contributed by atoms with Crippen molar-refractivity contribution in [1.29, 1.82) is 0 Å². The number of nitrogens with zero attached hydrogens (tertiary/aromatic N) is 1. The Balaban J connectivity index is 0.00000161. The van der Waals surface area contributed by atoms with Crippen LogP contribution < -0.4 is 15.4 Å². The Morgan fingerprint density at radius 2 is 2.43 bits per heavy atom. The molecule has 2 heterocycles. The Morgan fingerprint density at radius 1 is 1.57 bits per heavy atom. The number of anilines is 1. The Kier molecular flexibility index (Phi) is 5.35. The lowest BCUT2D eigenvalue weighted by atomic mass is 10.2. The minimum atomic E-state index is -0.315. The van der Waals surface area contributed by atoms with Crippen molar-refractivity contribution in [3.05, 3.63) is 18.2 Å². The fourth-order valence-corrected chi connectivity index (χ4v) is 2.91. The van der Waals surface area contributed by atoms with Gasteiger partial charge in [0.2, 0.25) is 5.91 Å². The molecule has 1 amide bonds. The third-order valence-corrected chi connectivity index (χ3v) is 4.00. The van der Waals surface area contributed by atoms with Crippen LogP contribution in [0.2, 0.25) is 0 Å². The van der Waals surface area contributed by atoms with E-state index in [1.54, 1.807) is 7.11 Å². The first kappa shape index (κ1) is 16.0. The van der Waals surface area contributed by atoms with E-state index < -0.39 is 0 Å². The highest BCUT2D eigenvalue weighted by molar-refractivity contribution is 7.22. The summed E-state index contributed by atoms with van der Waals surface area (Å²) < 4.78 is 11.4. The summed E-state index contributed by atoms with van der Waals surface area (Å²) in [7, 11) is 1.62. The van der Waals surface area contributed by atoms with Crippen molar-refractivity contribution in [2.24, 2.45) is 0 Å². The van der Waals surface area contributed by atoms with Crippen molar-refractivity contribution < 1.29 is 14.3 Å². The van der Waals surface area contributed by atoms with Gasteiger partial charge >= 0.3 is 0 Å². The Morgan fingerprint density at radius 3 is 3.14 bits per heavy atom. The molecule has 6 nitrogen and oxygen atoms in total. The highest BCUT2D eigenvalue weighted by Gasteiger charge is 2.22. The normalized spacial score (nSPS) is 18.0. The Hall–Kier alpha value is -1.41. The lowest BCUT2D eigenvalue weighted by Gasteiger charge is -2.22. The van der Waals surface area contributed by atoms with Gasteiger partial charge in [0.15, 0.2) is 5.13 Å². The van der Waals surface area contributed by atoms with Crippen LogP contribution in [-0.2, 0) is 9.53 Å². The number of fused-ring (bicyclic) bond motifs is 1. The van der Waals surface area contributed by atoms with Crippen LogP contribution in [0.15, 0.2) is 18.2 Å². The molecule has 114 valence electrons. The van der Waals surface area contributed by atoms with Crippen molar-refractivity contribution in [2.75, 3.05) is 32.2 Å². The summed E-state index contributed by atoms with van der Waals surface area (Å²) in [6.07, 6.45) is 0. The highest BCUT2D eigenvalue weighted by atomic mass is 35.5. The number of thiazole rings is 1. The summed E-state index contributed by atoms with van der Waals surface area (Å²) in [6.45, 7) is 1.73. The number of ether oxygens (including phenoxy) is 2. The van der Waals surface area contributed by atoms with E-state index in [1.807, 2.05) is 18.2 Å². The molecule has 1 fully saturated rings. The fourth-order valence-electron chi connectivity index (χ4n) is 2.01. The molecule has 0 bridgehead atoms. The Labute approximate surface area is 132 Å². The lowest BCUT2D eigenvalue weighted by molar-refractivity contribution is -0.120. The van der Waals surface area contributed by atoms with E-state index in [0.29, 0.717) is 24.9 Å². The number of rotatable bonds is 3. The number of carbonyl (C=O) groups is 1. The molecule has 0 saturated carbocycles. The molecule has 0 spiro atoms. The van der Waals surface area contributed by atoms with Gasteiger partial charge in [-0.15, -0.1) is 12.4 Å². The first-order chi connectivity index (χ1) is 9.76. The van der Waals surface area contributed by atoms with Crippen molar-refractivity contribution in [2.45, 2.75) is 6.04 Å². The standard InChI is InChI=1S/C13H15N3O3S.ClH/c1-18-8-2-3-9-11(6-8)20-13(15-9)16-12(17)10-7-19-5-4-14-10;/h2-3,6,10,14H,4-5,7H2,1H3,(H,15,16,17);1H. The van der Waals surface area contributed by atoms with Gasteiger partial charge in [0.05, 0.1) is 30.5 Å². The molecule has 2 aromatic rings. The molecular weight excluding hydrogens is 314 g/mol. The molecule has 21 heavy (non-hydrogen) atoms. The number of carbonyl (C=O) groups excluding carboxylic acids is 1. The Bertz CT molecular complexity index is 628. The highest BCUT2D eigenvalue weighted by Crippen LogP contribution is 2.29. The molecule has 2 N–H and O–H groups in total. The van der Waals surface area contributed by atoms with Crippen LogP contribution in [0.3, 0.4) is 0 Å². The molecule has 1 aromatic carbocycles. The van der Waals surface area contributed by atoms with Crippen molar-refractivity contribution >= 4 is 45.0 Å². The zero-order valence-corrected chi connectivity index (χ0v) is 13.1. The van der Waals surface area contributed by atoms with E-state index in [9.17, 15) is 4.79 Å². The van der Waals surface area contributed by atoms with Crippen molar-refractivity contribution in [3.8, 4) is 5.75 Å². The predicted octanol–water partition coefficient (Wildman–Crippen LogP) is 1.65. The van der Waals surface area contributed by atoms with E-state index in [0.717, 1.165) is 16.0 Å². The molecule has 0 aliphatic carbocycles. The first-order valence-corrected chi connectivity index (χ1v) is 7.14. The summed E-state index contributed by atoms with van der Waals surface area (Å²) >= 11 is 1.43. The molecule has 1 aliphatic heterocycles. The summed E-state index contributed by atoms with van der Waals surface area (Å²) in [5.41, 5.74) is 0.846. The number of halogens is 1. The zero-order valence-electron chi connectivity index (χ0n) is 11.4. The van der Waals surface area contributed by atoms with E-state index in [1.165, 1.54) is 11.3 Å². The van der Waals surface area contributed by atoms with Crippen LogP contribution >= 0.6 is 23.7 Å². The van der Waals surface area contributed by atoms with Gasteiger partial charge in [0.1, 0.15) is 11.8 Å². The molecule has 8 heteroatoms. The molecule has 1 atom stereocenters. The largest absolute Gasteiger partial charge is 0.497 e. The number of benzene rings is 1. The second kappa shape index (κ2) is 7.04. The minimum absolute atomic E-state index is 0. The molecule has 0 radical (unpaired) electrons. The smallest absolute Gasteiger partial charge is 0.245 e.